The Bertz CT molecular complexity index is 2140. The van der Waals surface area contributed by atoms with Gasteiger partial charge in [0.2, 0.25) is 5.71 Å². The van der Waals surface area contributed by atoms with Crippen LogP contribution in [0.15, 0.2) is 89.6 Å². The SMILES string of the molecule is Cc1nccc2nc(-c3ccc(C(C)C)c4c3oc3ncccc34)n(-c3c(C(C)C)cc(-c4ccccc4)cc3C(C)C)c12. The van der Waals surface area contributed by atoms with Gasteiger partial charge in [-0.15, -0.1) is 0 Å². The van der Waals surface area contributed by atoms with Crippen LogP contribution in [0.1, 0.15) is 81.7 Å². The average molecular weight is 579 g/mol. The molecular formula is C39H38N4O. The van der Waals surface area contributed by atoms with Gasteiger partial charge >= 0.3 is 0 Å². The number of rotatable bonds is 6. The van der Waals surface area contributed by atoms with Crippen LogP contribution in [-0.2, 0) is 0 Å². The molecule has 0 fully saturated rings. The molecule has 0 bridgehead atoms. The molecule has 0 amide bonds. The molecule has 5 heteroatoms. The molecule has 0 aliphatic heterocycles. The molecule has 0 aliphatic rings. The molecule has 0 spiro atoms. The second-order valence-corrected chi connectivity index (χ2v) is 12.7. The molecule has 0 radical (unpaired) electrons. The van der Waals surface area contributed by atoms with Crippen LogP contribution in [-0.4, -0.2) is 19.5 Å². The number of imidazole rings is 1. The van der Waals surface area contributed by atoms with Crippen LogP contribution in [0.4, 0.5) is 0 Å². The molecule has 220 valence electrons. The molecule has 4 aromatic heterocycles. The summed E-state index contributed by atoms with van der Waals surface area (Å²) < 4.78 is 8.96. The summed E-state index contributed by atoms with van der Waals surface area (Å²) in [5.41, 5.74) is 12.7. The van der Waals surface area contributed by atoms with Gasteiger partial charge in [0.05, 0.1) is 28.0 Å². The van der Waals surface area contributed by atoms with Gasteiger partial charge in [0.1, 0.15) is 11.4 Å². The van der Waals surface area contributed by atoms with Gasteiger partial charge in [-0.05, 0) is 88.9 Å². The van der Waals surface area contributed by atoms with E-state index >= 15 is 0 Å². The van der Waals surface area contributed by atoms with E-state index in [4.69, 9.17) is 14.4 Å². The molecular weight excluding hydrogens is 540 g/mol. The highest BCUT2D eigenvalue weighted by molar-refractivity contribution is 6.10. The lowest BCUT2D eigenvalue weighted by Crippen LogP contribution is -2.10. The third-order valence-electron chi connectivity index (χ3n) is 8.78. The molecule has 0 atom stereocenters. The molecule has 0 saturated carbocycles. The molecule has 0 saturated heterocycles. The van der Waals surface area contributed by atoms with Crippen LogP contribution in [0.5, 0.6) is 0 Å². The molecule has 7 rings (SSSR count). The molecule has 7 aromatic rings. The number of benzene rings is 3. The van der Waals surface area contributed by atoms with E-state index in [-0.39, 0.29) is 11.8 Å². The molecule has 4 heterocycles. The van der Waals surface area contributed by atoms with Crippen molar-refractivity contribution in [3.8, 4) is 28.2 Å². The Balaban J connectivity index is 1.63. The zero-order valence-corrected chi connectivity index (χ0v) is 26.5. The monoisotopic (exact) mass is 578 g/mol. The van der Waals surface area contributed by atoms with Gasteiger partial charge in [-0.25, -0.2) is 9.97 Å². The summed E-state index contributed by atoms with van der Waals surface area (Å²) in [4.78, 5) is 14.7. The topological polar surface area (TPSA) is 56.7 Å². The smallest absolute Gasteiger partial charge is 0.227 e. The lowest BCUT2D eigenvalue weighted by molar-refractivity contribution is 0.654. The molecule has 0 N–H and O–H groups in total. The van der Waals surface area contributed by atoms with Gasteiger partial charge in [-0.1, -0.05) is 77.9 Å². The van der Waals surface area contributed by atoms with E-state index in [1.807, 2.05) is 18.3 Å². The second-order valence-electron chi connectivity index (χ2n) is 12.7. The van der Waals surface area contributed by atoms with Crippen molar-refractivity contribution in [1.82, 2.24) is 19.5 Å². The van der Waals surface area contributed by atoms with Crippen molar-refractivity contribution in [2.24, 2.45) is 0 Å². The highest BCUT2D eigenvalue weighted by Crippen LogP contribution is 2.44. The fourth-order valence-electron chi connectivity index (χ4n) is 6.59. The minimum Gasteiger partial charge on any atom is -0.437 e. The number of aryl methyl sites for hydroxylation is 1. The lowest BCUT2D eigenvalue weighted by Gasteiger charge is -2.24. The van der Waals surface area contributed by atoms with Crippen molar-refractivity contribution in [3.05, 3.63) is 108 Å². The summed E-state index contributed by atoms with van der Waals surface area (Å²) in [5, 5.41) is 2.15. The Morgan fingerprint density at radius 1 is 0.682 bits per heavy atom. The first-order chi connectivity index (χ1) is 21.2. The van der Waals surface area contributed by atoms with E-state index in [1.54, 1.807) is 6.20 Å². The predicted octanol–water partition coefficient (Wildman–Crippen LogP) is 10.7. The minimum atomic E-state index is 0.271. The van der Waals surface area contributed by atoms with Crippen LogP contribution < -0.4 is 0 Å². The fourth-order valence-corrected chi connectivity index (χ4v) is 6.59. The Morgan fingerprint density at radius 2 is 1.39 bits per heavy atom. The van der Waals surface area contributed by atoms with Gasteiger partial charge in [0.15, 0.2) is 0 Å². The summed E-state index contributed by atoms with van der Waals surface area (Å²) in [6, 6.07) is 25.9. The number of hydrogen-bond acceptors (Lipinski definition) is 4. The van der Waals surface area contributed by atoms with Crippen LogP contribution >= 0.6 is 0 Å². The van der Waals surface area contributed by atoms with E-state index in [0.29, 0.717) is 11.6 Å². The molecule has 0 unspecified atom stereocenters. The van der Waals surface area contributed by atoms with Crippen molar-refractivity contribution in [2.45, 2.75) is 66.2 Å². The van der Waals surface area contributed by atoms with E-state index in [1.165, 1.54) is 33.5 Å². The van der Waals surface area contributed by atoms with Crippen LogP contribution in [0.25, 0.3) is 61.3 Å². The summed E-state index contributed by atoms with van der Waals surface area (Å²) in [5.74, 6) is 1.72. The van der Waals surface area contributed by atoms with Crippen LogP contribution in [0.3, 0.4) is 0 Å². The van der Waals surface area contributed by atoms with Crippen LogP contribution in [0, 0.1) is 6.92 Å². The average Bonchev–Trinajstić information content (AvgIpc) is 3.60. The van der Waals surface area contributed by atoms with Gasteiger partial charge in [-0.2, -0.15) is 0 Å². The van der Waals surface area contributed by atoms with E-state index in [0.717, 1.165) is 44.5 Å². The van der Waals surface area contributed by atoms with Gasteiger partial charge < -0.3 is 4.42 Å². The Hall–Kier alpha value is -4.77. The van der Waals surface area contributed by atoms with E-state index in [2.05, 4.69) is 119 Å². The van der Waals surface area contributed by atoms with E-state index in [9.17, 15) is 0 Å². The largest absolute Gasteiger partial charge is 0.437 e. The number of nitrogens with zero attached hydrogens (tertiary/aromatic N) is 4. The van der Waals surface area contributed by atoms with Crippen molar-refractivity contribution < 1.29 is 4.42 Å². The Morgan fingerprint density at radius 3 is 2.07 bits per heavy atom. The molecule has 5 nitrogen and oxygen atoms in total. The number of aromatic nitrogens is 4. The standard InChI is InChI=1S/C39H38N4O/c1-22(2)28-15-16-30(37-34(28)29-14-11-18-41-39(29)44-37)38-42-33-17-19-40-25(7)35(33)43(38)36-31(23(3)4)20-27(21-32(36)24(5)6)26-12-9-8-10-13-26/h8-24H,1-7H3. The summed E-state index contributed by atoms with van der Waals surface area (Å²) in [6.45, 7) is 15.7. The van der Waals surface area contributed by atoms with Crippen molar-refractivity contribution in [3.63, 3.8) is 0 Å². The number of pyridine rings is 2. The van der Waals surface area contributed by atoms with Crippen molar-refractivity contribution in [2.75, 3.05) is 0 Å². The van der Waals surface area contributed by atoms with Gasteiger partial charge in [0.25, 0.3) is 0 Å². The summed E-state index contributed by atoms with van der Waals surface area (Å²) in [7, 11) is 0. The first kappa shape index (κ1) is 28.0. The predicted molar refractivity (Wildman–Crippen MR) is 182 cm³/mol. The zero-order chi connectivity index (χ0) is 30.7. The Labute approximate surface area is 258 Å². The maximum Gasteiger partial charge on any atom is 0.227 e. The maximum atomic E-state index is 6.60. The number of fused-ring (bicyclic) bond motifs is 4. The summed E-state index contributed by atoms with van der Waals surface area (Å²) >= 11 is 0. The van der Waals surface area contributed by atoms with Crippen molar-refractivity contribution in [1.29, 1.82) is 0 Å². The quantitative estimate of drug-likeness (QED) is 0.197. The lowest BCUT2D eigenvalue weighted by atomic mass is 9.88. The minimum absolute atomic E-state index is 0.271. The second kappa shape index (κ2) is 10.7. The molecule has 44 heavy (non-hydrogen) atoms. The highest BCUT2D eigenvalue weighted by atomic mass is 16.3. The zero-order valence-electron chi connectivity index (χ0n) is 26.5. The first-order valence-corrected chi connectivity index (χ1v) is 15.6. The van der Waals surface area contributed by atoms with E-state index < -0.39 is 0 Å². The molecule has 0 aliphatic carbocycles. The Kier molecular flexibility index (Phi) is 6.84. The van der Waals surface area contributed by atoms with Gasteiger partial charge in [0, 0.05) is 23.2 Å². The molecule has 3 aromatic carbocycles. The maximum absolute atomic E-state index is 6.60. The van der Waals surface area contributed by atoms with Gasteiger partial charge in [-0.3, -0.25) is 9.55 Å². The van der Waals surface area contributed by atoms with Crippen molar-refractivity contribution >= 4 is 33.1 Å². The number of furan rings is 1. The third kappa shape index (κ3) is 4.41. The third-order valence-corrected chi connectivity index (χ3v) is 8.78. The first-order valence-electron chi connectivity index (χ1n) is 15.6. The van der Waals surface area contributed by atoms with Crippen LogP contribution in [0.2, 0.25) is 0 Å². The number of hydrogen-bond donors (Lipinski definition) is 0. The normalized spacial score (nSPS) is 12.1. The summed E-state index contributed by atoms with van der Waals surface area (Å²) in [6.07, 6.45) is 3.65. The fraction of sp³-hybridized carbons (Fsp3) is 0.256. The highest BCUT2D eigenvalue weighted by Gasteiger charge is 2.27.